The van der Waals surface area contributed by atoms with Gasteiger partial charge in [0.25, 0.3) is 5.91 Å². The number of halogens is 2. The lowest BCUT2D eigenvalue weighted by Crippen LogP contribution is -2.43. The number of carbonyl (C=O) groups excluding carboxylic acids is 3. The number of nitrogens with one attached hydrogen (secondary N) is 2. The summed E-state index contributed by atoms with van der Waals surface area (Å²) in [5, 5.41) is 15.1. The zero-order valence-corrected chi connectivity index (χ0v) is 17.7. The van der Waals surface area contributed by atoms with E-state index in [2.05, 4.69) is 10.6 Å². The van der Waals surface area contributed by atoms with Crippen LogP contribution in [0.1, 0.15) is 36.6 Å². The summed E-state index contributed by atoms with van der Waals surface area (Å²) in [7, 11) is 0. The molecule has 3 rings (SSSR count). The van der Waals surface area contributed by atoms with Gasteiger partial charge in [-0.1, -0.05) is 41.4 Å². The molecule has 2 atom stereocenters. The molecule has 2 unspecified atom stereocenters. The highest BCUT2D eigenvalue weighted by Gasteiger charge is 2.49. The molecule has 1 saturated heterocycles. The van der Waals surface area contributed by atoms with E-state index in [-0.39, 0.29) is 0 Å². The van der Waals surface area contributed by atoms with Gasteiger partial charge >= 0.3 is 6.03 Å². The zero-order valence-electron chi connectivity index (χ0n) is 16.2. The first-order valence-corrected chi connectivity index (χ1v) is 9.80. The number of rotatable bonds is 5. The first-order valence-electron chi connectivity index (χ1n) is 9.05. The smallest absolute Gasteiger partial charge is 0.325 e. The van der Waals surface area contributed by atoms with Crippen molar-refractivity contribution in [3.05, 3.63) is 69.2 Å². The van der Waals surface area contributed by atoms with E-state index >= 15 is 0 Å². The Bertz CT molecular complexity index is 1060. The standard InChI is InChI=1S/C21H18Cl2N4O3/c1-12(14-5-8-16(22)17(23)9-14)25-18(28)11-27-19(29)21(2,26-20(27)30)15-6-3-13(10-24)4-7-15/h3-9,12H,11H2,1-2H3,(H,25,28)(H,26,30). The highest BCUT2D eigenvalue weighted by atomic mass is 35.5. The van der Waals surface area contributed by atoms with Crippen LogP contribution in [0.15, 0.2) is 42.5 Å². The van der Waals surface area contributed by atoms with Gasteiger partial charge in [-0.25, -0.2) is 4.79 Å². The average Bonchev–Trinajstić information content (AvgIpc) is 2.94. The maximum atomic E-state index is 12.9. The van der Waals surface area contributed by atoms with Crippen LogP contribution in [0.2, 0.25) is 10.0 Å². The number of urea groups is 1. The summed E-state index contributed by atoms with van der Waals surface area (Å²) in [6.07, 6.45) is 0. The van der Waals surface area contributed by atoms with Crippen molar-refractivity contribution in [2.24, 2.45) is 0 Å². The minimum atomic E-state index is -1.32. The number of nitriles is 1. The normalized spacial score (nSPS) is 19.2. The summed E-state index contributed by atoms with van der Waals surface area (Å²) in [6.45, 7) is 2.89. The molecule has 1 aliphatic rings. The van der Waals surface area contributed by atoms with Gasteiger partial charge in [0.05, 0.1) is 27.7 Å². The van der Waals surface area contributed by atoms with E-state index in [4.69, 9.17) is 28.5 Å². The molecule has 0 aromatic heterocycles. The van der Waals surface area contributed by atoms with Crippen molar-refractivity contribution >= 4 is 41.0 Å². The van der Waals surface area contributed by atoms with Gasteiger partial charge < -0.3 is 10.6 Å². The molecular weight excluding hydrogens is 427 g/mol. The highest BCUT2D eigenvalue weighted by molar-refractivity contribution is 6.42. The molecule has 0 saturated carbocycles. The first-order chi connectivity index (χ1) is 14.2. The van der Waals surface area contributed by atoms with Crippen LogP contribution in [-0.4, -0.2) is 29.3 Å². The molecule has 9 heteroatoms. The van der Waals surface area contributed by atoms with Crippen molar-refractivity contribution in [1.29, 1.82) is 5.26 Å². The number of carbonyl (C=O) groups is 3. The van der Waals surface area contributed by atoms with Crippen molar-refractivity contribution in [2.75, 3.05) is 6.54 Å². The maximum absolute atomic E-state index is 12.9. The minimum absolute atomic E-state index is 0.363. The van der Waals surface area contributed by atoms with Crippen molar-refractivity contribution < 1.29 is 14.4 Å². The van der Waals surface area contributed by atoms with E-state index in [1.165, 1.54) is 0 Å². The third kappa shape index (κ3) is 4.11. The largest absolute Gasteiger partial charge is 0.348 e. The van der Waals surface area contributed by atoms with Crippen molar-refractivity contribution in [1.82, 2.24) is 15.5 Å². The molecule has 0 aliphatic carbocycles. The summed E-state index contributed by atoms with van der Waals surface area (Å²) in [6, 6.07) is 12.3. The van der Waals surface area contributed by atoms with Crippen LogP contribution in [0.4, 0.5) is 4.79 Å². The lowest BCUT2D eigenvalue weighted by Gasteiger charge is -2.22. The fourth-order valence-corrected chi connectivity index (χ4v) is 3.52. The summed E-state index contributed by atoms with van der Waals surface area (Å²) in [5.74, 6) is -1.05. The fourth-order valence-electron chi connectivity index (χ4n) is 3.21. The Morgan fingerprint density at radius 2 is 1.87 bits per heavy atom. The van der Waals surface area contributed by atoms with Crippen molar-refractivity contribution in [2.45, 2.75) is 25.4 Å². The van der Waals surface area contributed by atoms with Crippen molar-refractivity contribution in [3.63, 3.8) is 0 Å². The van der Waals surface area contributed by atoms with Gasteiger partial charge in [0.1, 0.15) is 12.1 Å². The minimum Gasteiger partial charge on any atom is -0.348 e. The Hall–Kier alpha value is -3.08. The van der Waals surface area contributed by atoms with Crippen molar-refractivity contribution in [3.8, 4) is 6.07 Å². The van der Waals surface area contributed by atoms with Crippen LogP contribution in [0, 0.1) is 11.3 Å². The van der Waals surface area contributed by atoms with E-state index in [0.717, 1.165) is 10.5 Å². The van der Waals surface area contributed by atoms with Gasteiger partial charge in [-0.15, -0.1) is 0 Å². The van der Waals surface area contributed by atoms with Gasteiger partial charge in [0, 0.05) is 0 Å². The van der Waals surface area contributed by atoms with Gasteiger partial charge in [-0.2, -0.15) is 5.26 Å². The number of imide groups is 1. The summed E-state index contributed by atoms with van der Waals surface area (Å²) >= 11 is 11.9. The van der Waals surface area contributed by atoms with E-state index in [1.54, 1.807) is 56.3 Å². The van der Waals surface area contributed by atoms with E-state index in [9.17, 15) is 14.4 Å². The van der Waals surface area contributed by atoms with Crippen LogP contribution >= 0.6 is 23.2 Å². The number of nitrogens with zero attached hydrogens (tertiary/aromatic N) is 2. The lowest BCUT2D eigenvalue weighted by atomic mass is 9.91. The Kier molecular flexibility index (Phi) is 6.01. The van der Waals surface area contributed by atoms with Crippen LogP contribution in [0.3, 0.4) is 0 Å². The average molecular weight is 445 g/mol. The van der Waals surface area contributed by atoms with Gasteiger partial charge in [0.2, 0.25) is 5.91 Å². The quantitative estimate of drug-likeness (QED) is 0.688. The monoisotopic (exact) mass is 444 g/mol. The lowest BCUT2D eigenvalue weighted by molar-refractivity contribution is -0.135. The SMILES string of the molecule is CC(NC(=O)CN1C(=O)NC(C)(c2ccc(C#N)cc2)C1=O)c1ccc(Cl)c(Cl)c1. The zero-order chi connectivity index (χ0) is 22.1. The van der Waals surface area contributed by atoms with Crippen LogP contribution < -0.4 is 10.6 Å². The highest BCUT2D eigenvalue weighted by Crippen LogP contribution is 2.29. The molecule has 1 heterocycles. The van der Waals surface area contributed by atoms with Crippen LogP contribution in [0.5, 0.6) is 0 Å². The van der Waals surface area contributed by atoms with E-state index < -0.39 is 36.0 Å². The third-order valence-electron chi connectivity index (χ3n) is 4.99. The summed E-state index contributed by atoms with van der Waals surface area (Å²) < 4.78 is 0. The molecule has 4 amide bonds. The molecular formula is C21H18Cl2N4O3. The molecule has 1 fully saturated rings. The topological polar surface area (TPSA) is 102 Å². The van der Waals surface area contributed by atoms with Gasteiger partial charge in [-0.05, 0) is 49.2 Å². The molecule has 154 valence electrons. The maximum Gasteiger partial charge on any atom is 0.325 e. The number of hydrogen-bond acceptors (Lipinski definition) is 4. The fraction of sp³-hybridized carbons (Fsp3) is 0.238. The second-order valence-corrected chi connectivity index (χ2v) is 7.91. The predicted molar refractivity (Wildman–Crippen MR) is 112 cm³/mol. The van der Waals surface area contributed by atoms with E-state index in [0.29, 0.717) is 21.2 Å². The Balaban J connectivity index is 1.70. The third-order valence-corrected chi connectivity index (χ3v) is 5.73. The molecule has 30 heavy (non-hydrogen) atoms. The summed E-state index contributed by atoms with van der Waals surface area (Å²) in [5.41, 5.74) is 0.372. The van der Waals surface area contributed by atoms with Crippen LogP contribution in [0.25, 0.3) is 0 Å². The van der Waals surface area contributed by atoms with Gasteiger partial charge in [-0.3, -0.25) is 14.5 Å². The van der Waals surface area contributed by atoms with Gasteiger partial charge in [0.15, 0.2) is 0 Å². The number of benzene rings is 2. The predicted octanol–water partition coefficient (Wildman–Crippen LogP) is 3.51. The number of hydrogen-bond donors (Lipinski definition) is 2. The Morgan fingerprint density at radius 3 is 2.47 bits per heavy atom. The van der Waals surface area contributed by atoms with E-state index in [1.807, 2.05) is 6.07 Å². The molecule has 0 bridgehead atoms. The molecule has 1 aliphatic heterocycles. The van der Waals surface area contributed by atoms with Crippen LogP contribution in [-0.2, 0) is 15.1 Å². The number of amides is 4. The molecule has 2 aromatic carbocycles. The second-order valence-electron chi connectivity index (χ2n) is 7.10. The molecule has 0 spiro atoms. The molecule has 2 aromatic rings. The second kappa shape index (κ2) is 8.34. The molecule has 2 N–H and O–H groups in total. The summed E-state index contributed by atoms with van der Waals surface area (Å²) in [4.78, 5) is 38.7. The first kappa shape index (κ1) is 21.6. The molecule has 0 radical (unpaired) electrons. The Labute approximate surface area is 183 Å². The molecule has 7 nitrogen and oxygen atoms in total. The Morgan fingerprint density at radius 1 is 1.20 bits per heavy atom.